The summed E-state index contributed by atoms with van der Waals surface area (Å²) in [6.07, 6.45) is 2.34. The van der Waals surface area contributed by atoms with Crippen LogP contribution in [-0.2, 0) is 15.7 Å². The molecule has 1 saturated heterocycles. The largest absolute Gasteiger partial charge is 0.394 e. The smallest absolute Gasteiger partial charge is 0.373 e. The van der Waals surface area contributed by atoms with Crippen LogP contribution in [-0.4, -0.2) is 37.3 Å². The SMILES string of the molecule is Cc1nc2nc([C@@H]3CCO[C@H](c4ccc(=O)n(C56CC(C5)C6)c4)C3)nc(C34CC(C(F)(F)F)(C3)C4)c2nc1C. The number of rotatable bonds is 4. The molecule has 7 nitrogen and oxygen atoms in total. The minimum absolute atomic E-state index is 0.00661. The zero-order valence-corrected chi connectivity index (χ0v) is 22.0. The molecule has 1 aliphatic heterocycles. The molecular weight excluding hydrogens is 507 g/mol. The monoisotopic (exact) mass is 537 g/mol. The molecule has 39 heavy (non-hydrogen) atoms. The molecule has 6 saturated carbocycles. The summed E-state index contributed by atoms with van der Waals surface area (Å²) < 4.78 is 49.1. The van der Waals surface area contributed by atoms with E-state index in [1.54, 1.807) is 6.07 Å². The second-order valence-corrected chi connectivity index (χ2v) is 13.0. The van der Waals surface area contributed by atoms with E-state index in [2.05, 4.69) is 4.98 Å². The van der Waals surface area contributed by atoms with Gasteiger partial charge >= 0.3 is 6.18 Å². The Morgan fingerprint density at radius 1 is 1.00 bits per heavy atom. The Labute approximate surface area is 223 Å². The van der Waals surface area contributed by atoms with Gasteiger partial charge in [0.25, 0.3) is 5.56 Å². The van der Waals surface area contributed by atoms with Crippen LogP contribution >= 0.6 is 0 Å². The first-order valence-corrected chi connectivity index (χ1v) is 13.9. The van der Waals surface area contributed by atoms with Crippen LogP contribution in [0.15, 0.2) is 23.1 Å². The molecule has 0 radical (unpaired) electrons. The Hall–Kier alpha value is -2.88. The number of aryl methyl sites for hydroxylation is 2. The molecule has 6 aliphatic carbocycles. The standard InChI is InChI=1S/C29H30F3N5O2/c1-15-16(2)34-25-22(33-15)23(26-12-27(13-26,14-26)29(30,31)32)35-24(36-25)18-5-6-39-20(7-18)19-3-4-21(38)37(11-19)28-8-17(9-28)10-28/h3-4,11,17-18,20H,5-10,12-14H2,1-2H3/t17?,18-,20+,26?,27?,28?/m1/s1. The maximum atomic E-state index is 13.7. The lowest BCUT2D eigenvalue weighted by molar-refractivity contribution is -0.337. The van der Waals surface area contributed by atoms with Gasteiger partial charge in [-0.3, -0.25) is 4.79 Å². The van der Waals surface area contributed by atoms with Crippen molar-refractivity contribution in [2.45, 2.75) is 94.4 Å². The van der Waals surface area contributed by atoms with Crippen molar-refractivity contribution in [1.29, 1.82) is 0 Å². The van der Waals surface area contributed by atoms with Gasteiger partial charge in [-0.2, -0.15) is 13.2 Å². The third kappa shape index (κ3) is 3.18. The van der Waals surface area contributed by atoms with Crippen LogP contribution in [0.25, 0.3) is 11.2 Å². The van der Waals surface area contributed by atoms with Crippen molar-refractivity contribution in [3.05, 3.63) is 57.2 Å². The van der Waals surface area contributed by atoms with Crippen LogP contribution < -0.4 is 5.56 Å². The van der Waals surface area contributed by atoms with E-state index >= 15 is 0 Å². The number of hydrogen-bond donors (Lipinski definition) is 0. The summed E-state index contributed by atoms with van der Waals surface area (Å²) in [6, 6.07) is 3.51. The molecule has 4 heterocycles. The Kier molecular flexibility index (Phi) is 4.57. The van der Waals surface area contributed by atoms with Crippen molar-refractivity contribution in [3.63, 3.8) is 0 Å². The van der Waals surface area contributed by atoms with E-state index in [0.29, 0.717) is 42.1 Å². The van der Waals surface area contributed by atoms with Crippen LogP contribution in [0, 0.1) is 25.2 Å². The van der Waals surface area contributed by atoms with Gasteiger partial charge in [-0.25, -0.2) is 19.9 Å². The molecule has 7 fully saturated rings. The average molecular weight is 538 g/mol. The lowest BCUT2D eigenvalue weighted by Crippen LogP contribution is -2.70. The fourth-order valence-electron chi connectivity index (χ4n) is 8.08. The maximum absolute atomic E-state index is 13.7. The number of fused-ring (bicyclic) bond motifs is 1. The Balaban J connectivity index is 1.14. The average Bonchev–Trinajstić information content (AvgIpc) is 2.77. The molecule has 4 bridgehead atoms. The summed E-state index contributed by atoms with van der Waals surface area (Å²) in [7, 11) is 0. The predicted molar refractivity (Wildman–Crippen MR) is 135 cm³/mol. The third-order valence-electron chi connectivity index (χ3n) is 10.6. The molecule has 0 N–H and O–H groups in total. The van der Waals surface area contributed by atoms with Crippen molar-refractivity contribution in [1.82, 2.24) is 24.5 Å². The van der Waals surface area contributed by atoms with Gasteiger partial charge in [-0.1, -0.05) is 0 Å². The Morgan fingerprint density at radius 2 is 1.72 bits per heavy atom. The quantitative estimate of drug-likeness (QED) is 0.448. The van der Waals surface area contributed by atoms with E-state index in [1.807, 2.05) is 30.7 Å². The van der Waals surface area contributed by atoms with Crippen LogP contribution in [0.5, 0.6) is 0 Å². The predicted octanol–water partition coefficient (Wildman–Crippen LogP) is 5.33. The van der Waals surface area contributed by atoms with Gasteiger partial charge in [0.2, 0.25) is 0 Å². The number of ether oxygens (including phenoxy) is 1. The van der Waals surface area contributed by atoms with Crippen molar-refractivity contribution >= 4 is 11.2 Å². The van der Waals surface area contributed by atoms with Crippen molar-refractivity contribution in [3.8, 4) is 0 Å². The number of nitrogens with zero attached hydrogens (tertiary/aromatic N) is 5. The van der Waals surface area contributed by atoms with E-state index in [-0.39, 0.29) is 42.4 Å². The van der Waals surface area contributed by atoms with Gasteiger partial charge in [0.1, 0.15) is 11.3 Å². The summed E-state index contributed by atoms with van der Waals surface area (Å²) in [6.45, 7) is 4.24. The molecule has 0 aromatic carbocycles. The van der Waals surface area contributed by atoms with Gasteiger partial charge in [-0.15, -0.1) is 0 Å². The summed E-state index contributed by atoms with van der Waals surface area (Å²) in [5, 5.41) is 0. The van der Waals surface area contributed by atoms with Crippen LogP contribution in [0.1, 0.15) is 91.9 Å². The molecule has 7 aliphatic rings. The van der Waals surface area contributed by atoms with Gasteiger partial charge in [0.05, 0.1) is 28.6 Å². The number of halogens is 3. The summed E-state index contributed by atoms with van der Waals surface area (Å²) >= 11 is 0. The van der Waals surface area contributed by atoms with Gasteiger partial charge in [0, 0.05) is 35.7 Å². The second-order valence-electron chi connectivity index (χ2n) is 13.0. The molecule has 0 amide bonds. The van der Waals surface area contributed by atoms with Gasteiger partial charge < -0.3 is 9.30 Å². The Morgan fingerprint density at radius 3 is 2.38 bits per heavy atom. The first-order valence-electron chi connectivity index (χ1n) is 13.9. The zero-order chi connectivity index (χ0) is 26.9. The van der Waals surface area contributed by atoms with Crippen molar-refractivity contribution in [2.75, 3.05) is 6.61 Å². The lowest BCUT2D eigenvalue weighted by Gasteiger charge is -2.70. The molecule has 0 unspecified atom stereocenters. The highest BCUT2D eigenvalue weighted by Gasteiger charge is 2.79. The molecule has 0 spiro atoms. The molecular formula is C29H30F3N5O2. The number of hydrogen-bond acceptors (Lipinski definition) is 6. The minimum Gasteiger partial charge on any atom is -0.373 e. The molecule has 10 rings (SSSR count). The molecule has 3 aromatic rings. The van der Waals surface area contributed by atoms with Crippen molar-refractivity contribution in [2.24, 2.45) is 11.3 Å². The summed E-state index contributed by atoms with van der Waals surface area (Å²) in [5.74, 6) is 1.34. The fraction of sp³-hybridized carbons (Fsp3) is 0.621. The number of aromatic nitrogens is 5. The first-order chi connectivity index (χ1) is 18.5. The second kappa shape index (κ2) is 7.44. The lowest BCUT2D eigenvalue weighted by atomic mass is 9.34. The van der Waals surface area contributed by atoms with E-state index < -0.39 is 17.0 Å². The van der Waals surface area contributed by atoms with E-state index in [0.717, 1.165) is 42.1 Å². The maximum Gasteiger partial charge on any atom is 0.394 e. The first kappa shape index (κ1) is 24.0. The molecule has 204 valence electrons. The Bertz CT molecular complexity index is 1580. The topological polar surface area (TPSA) is 82.8 Å². The summed E-state index contributed by atoms with van der Waals surface area (Å²) in [5.41, 5.74) is 1.93. The van der Waals surface area contributed by atoms with Crippen LogP contribution in [0.3, 0.4) is 0 Å². The van der Waals surface area contributed by atoms with Gasteiger partial charge in [-0.05, 0) is 82.8 Å². The van der Waals surface area contributed by atoms with Crippen molar-refractivity contribution < 1.29 is 17.9 Å². The highest BCUT2D eigenvalue weighted by Crippen LogP contribution is 2.78. The molecule has 3 aromatic heterocycles. The van der Waals surface area contributed by atoms with Crippen LogP contribution in [0.4, 0.5) is 13.2 Å². The van der Waals surface area contributed by atoms with E-state index in [4.69, 9.17) is 19.7 Å². The number of alkyl halides is 3. The van der Waals surface area contributed by atoms with E-state index in [9.17, 15) is 18.0 Å². The molecule has 2 atom stereocenters. The van der Waals surface area contributed by atoms with Gasteiger partial charge in [0.15, 0.2) is 5.65 Å². The summed E-state index contributed by atoms with van der Waals surface area (Å²) in [4.78, 5) is 31.9. The van der Waals surface area contributed by atoms with Crippen LogP contribution in [0.2, 0.25) is 0 Å². The highest BCUT2D eigenvalue weighted by atomic mass is 19.4. The minimum atomic E-state index is -4.19. The zero-order valence-electron chi connectivity index (χ0n) is 22.0. The number of pyridine rings is 1. The molecule has 10 heteroatoms. The fourth-order valence-corrected chi connectivity index (χ4v) is 8.08. The normalized spacial score (nSPS) is 36.5. The van der Waals surface area contributed by atoms with E-state index in [1.165, 1.54) is 0 Å². The highest BCUT2D eigenvalue weighted by molar-refractivity contribution is 5.75. The third-order valence-corrected chi connectivity index (χ3v) is 10.6.